The number of anilines is 1. The first-order valence-corrected chi connectivity index (χ1v) is 8.25. The van der Waals surface area contributed by atoms with E-state index in [1.54, 1.807) is 12.1 Å². The first kappa shape index (κ1) is 16.2. The molecule has 3 N–H and O–H groups in total. The predicted molar refractivity (Wildman–Crippen MR) is 88.1 cm³/mol. The number of amides is 2. The van der Waals surface area contributed by atoms with Crippen molar-refractivity contribution in [3.05, 3.63) is 27.8 Å². The third kappa shape index (κ3) is 3.74. The van der Waals surface area contributed by atoms with Gasteiger partial charge in [0.15, 0.2) is 0 Å². The number of carbonyl (C=O) groups excluding carboxylic acids is 2. The summed E-state index contributed by atoms with van der Waals surface area (Å²) in [6.07, 6.45) is 0.0713. The SMILES string of the molecule is NC(CSC1CC(=O)N(c2ccc(I)cc2)C1=O)C(=O)O. The third-order valence-corrected chi connectivity index (χ3v) is 5.03. The van der Waals surface area contributed by atoms with Crippen LogP contribution in [-0.4, -0.2) is 39.9 Å². The lowest BCUT2D eigenvalue weighted by Crippen LogP contribution is -2.35. The third-order valence-electron chi connectivity index (χ3n) is 2.98. The molecule has 0 aromatic heterocycles. The van der Waals surface area contributed by atoms with Gasteiger partial charge in [0.25, 0.3) is 0 Å². The molecule has 1 fully saturated rings. The molecule has 0 bridgehead atoms. The van der Waals surface area contributed by atoms with E-state index in [-0.39, 0.29) is 24.0 Å². The number of nitrogens with two attached hydrogens (primary N) is 1. The molecule has 2 atom stereocenters. The summed E-state index contributed by atoms with van der Waals surface area (Å²) in [6, 6.07) is 6.03. The summed E-state index contributed by atoms with van der Waals surface area (Å²) in [5.74, 6) is -1.61. The number of nitrogens with zero attached hydrogens (tertiary/aromatic N) is 1. The van der Waals surface area contributed by atoms with Crippen LogP contribution in [0.3, 0.4) is 0 Å². The van der Waals surface area contributed by atoms with E-state index in [1.165, 1.54) is 0 Å². The number of carboxylic acid groups (broad SMARTS) is 1. The molecule has 1 aliphatic rings. The van der Waals surface area contributed by atoms with Crippen LogP contribution in [0, 0.1) is 3.57 Å². The van der Waals surface area contributed by atoms with Crippen LogP contribution in [0.4, 0.5) is 5.69 Å². The zero-order valence-corrected chi connectivity index (χ0v) is 13.8. The Morgan fingerprint density at radius 3 is 2.62 bits per heavy atom. The first-order valence-electron chi connectivity index (χ1n) is 6.12. The number of aliphatic carboxylic acids is 1. The lowest BCUT2D eigenvalue weighted by atomic mass is 10.3. The number of carboxylic acids is 1. The molecule has 8 heteroatoms. The van der Waals surface area contributed by atoms with Crippen molar-refractivity contribution in [2.45, 2.75) is 17.7 Å². The van der Waals surface area contributed by atoms with Gasteiger partial charge in [-0.05, 0) is 46.9 Å². The van der Waals surface area contributed by atoms with E-state index < -0.39 is 17.3 Å². The highest BCUT2D eigenvalue weighted by Gasteiger charge is 2.40. The smallest absolute Gasteiger partial charge is 0.321 e. The number of hydrogen-bond donors (Lipinski definition) is 2. The maximum Gasteiger partial charge on any atom is 0.321 e. The maximum atomic E-state index is 12.3. The molecule has 112 valence electrons. The zero-order chi connectivity index (χ0) is 15.6. The first-order chi connectivity index (χ1) is 9.90. The van der Waals surface area contributed by atoms with Gasteiger partial charge in [-0.2, -0.15) is 0 Å². The number of benzene rings is 1. The van der Waals surface area contributed by atoms with Gasteiger partial charge in [0, 0.05) is 15.7 Å². The standard InChI is InChI=1S/C13H13IN2O4S/c14-7-1-3-8(4-2-7)16-11(17)5-10(12(16)18)21-6-9(15)13(19)20/h1-4,9-10H,5-6,15H2,(H,19,20). The second-order valence-electron chi connectivity index (χ2n) is 4.51. The summed E-state index contributed by atoms with van der Waals surface area (Å²) in [5, 5.41) is 8.16. The van der Waals surface area contributed by atoms with Crippen molar-refractivity contribution in [1.29, 1.82) is 0 Å². The minimum Gasteiger partial charge on any atom is -0.480 e. The molecule has 1 saturated heterocycles. The maximum absolute atomic E-state index is 12.3. The normalized spacial score (nSPS) is 19.9. The summed E-state index contributed by atoms with van der Waals surface area (Å²) in [6.45, 7) is 0. The summed E-state index contributed by atoms with van der Waals surface area (Å²) < 4.78 is 1.01. The summed E-state index contributed by atoms with van der Waals surface area (Å²) in [5.41, 5.74) is 5.94. The van der Waals surface area contributed by atoms with E-state index in [2.05, 4.69) is 22.6 Å². The minimum absolute atomic E-state index is 0.0713. The summed E-state index contributed by atoms with van der Waals surface area (Å²) in [7, 11) is 0. The van der Waals surface area contributed by atoms with Crippen molar-refractivity contribution >= 4 is 57.8 Å². The van der Waals surface area contributed by atoms with E-state index >= 15 is 0 Å². The Kier molecular flexibility index (Phi) is 5.22. The number of hydrogen-bond acceptors (Lipinski definition) is 5. The highest BCUT2D eigenvalue weighted by atomic mass is 127. The van der Waals surface area contributed by atoms with Crippen molar-refractivity contribution in [3.8, 4) is 0 Å². The van der Waals surface area contributed by atoms with Gasteiger partial charge in [0.2, 0.25) is 11.8 Å². The fraction of sp³-hybridized carbons (Fsp3) is 0.308. The highest BCUT2D eigenvalue weighted by Crippen LogP contribution is 2.30. The fourth-order valence-electron chi connectivity index (χ4n) is 1.89. The van der Waals surface area contributed by atoms with E-state index in [0.29, 0.717) is 5.69 Å². The van der Waals surface area contributed by atoms with Crippen molar-refractivity contribution in [3.63, 3.8) is 0 Å². The molecular formula is C13H13IN2O4S. The predicted octanol–water partition coefficient (Wildman–Crippen LogP) is 1.07. The number of thioether (sulfide) groups is 1. The Morgan fingerprint density at radius 1 is 1.43 bits per heavy atom. The van der Waals surface area contributed by atoms with Crippen molar-refractivity contribution < 1.29 is 19.5 Å². The van der Waals surface area contributed by atoms with Gasteiger partial charge >= 0.3 is 5.97 Å². The van der Waals surface area contributed by atoms with E-state index in [4.69, 9.17) is 10.8 Å². The second kappa shape index (κ2) is 6.75. The molecule has 2 rings (SSSR count). The Hall–Kier alpha value is -1.13. The van der Waals surface area contributed by atoms with E-state index in [0.717, 1.165) is 20.2 Å². The molecule has 2 amide bonds. The molecule has 0 spiro atoms. The van der Waals surface area contributed by atoms with Gasteiger partial charge in [-0.1, -0.05) is 0 Å². The van der Waals surface area contributed by atoms with Gasteiger partial charge in [-0.3, -0.25) is 14.4 Å². The lowest BCUT2D eigenvalue weighted by Gasteiger charge is -2.15. The molecule has 0 radical (unpaired) electrons. The fourth-order valence-corrected chi connectivity index (χ4v) is 3.34. The van der Waals surface area contributed by atoms with Crippen LogP contribution in [0.1, 0.15) is 6.42 Å². The average molecular weight is 420 g/mol. The molecule has 0 saturated carbocycles. The molecule has 21 heavy (non-hydrogen) atoms. The average Bonchev–Trinajstić information content (AvgIpc) is 2.72. The van der Waals surface area contributed by atoms with Crippen LogP contribution in [0.15, 0.2) is 24.3 Å². The summed E-state index contributed by atoms with van der Waals surface area (Å²) >= 11 is 3.25. The van der Waals surface area contributed by atoms with Gasteiger partial charge in [-0.25, -0.2) is 4.90 Å². The Balaban J connectivity index is 2.06. The van der Waals surface area contributed by atoms with E-state index in [1.807, 2.05) is 12.1 Å². The van der Waals surface area contributed by atoms with E-state index in [9.17, 15) is 14.4 Å². The number of carbonyl (C=O) groups is 3. The van der Waals surface area contributed by atoms with Crippen LogP contribution in [0.25, 0.3) is 0 Å². The van der Waals surface area contributed by atoms with Crippen molar-refractivity contribution in [2.75, 3.05) is 10.7 Å². The topological polar surface area (TPSA) is 101 Å². The molecule has 2 unspecified atom stereocenters. The molecule has 1 heterocycles. The van der Waals surface area contributed by atoms with Crippen molar-refractivity contribution in [2.24, 2.45) is 5.73 Å². The summed E-state index contributed by atoms with van der Waals surface area (Å²) in [4.78, 5) is 36.1. The van der Waals surface area contributed by atoms with Gasteiger partial charge < -0.3 is 10.8 Å². The Morgan fingerprint density at radius 2 is 2.05 bits per heavy atom. The molecule has 1 aromatic carbocycles. The largest absolute Gasteiger partial charge is 0.480 e. The van der Waals surface area contributed by atoms with Gasteiger partial charge in [-0.15, -0.1) is 11.8 Å². The molecule has 1 aromatic rings. The zero-order valence-electron chi connectivity index (χ0n) is 10.9. The number of halogens is 1. The van der Waals surface area contributed by atoms with Crippen LogP contribution in [-0.2, 0) is 14.4 Å². The second-order valence-corrected chi connectivity index (χ2v) is 7.00. The highest BCUT2D eigenvalue weighted by molar-refractivity contribution is 14.1. The quantitative estimate of drug-likeness (QED) is 0.546. The van der Waals surface area contributed by atoms with Crippen LogP contribution in [0.2, 0.25) is 0 Å². The molecule has 6 nitrogen and oxygen atoms in total. The molecule has 1 aliphatic heterocycles. The lowest BCUT2D eigenvalue weighted by molar-refractivity contribution is -0.138. The minimum atomic E-state index is -1.12. The van der Waals surface area contributed by atoms with Gasteiger partial charge in [0.1, 0.15) is 6.04 Å². The van der Waals surface area contributed by atoms with Gasteiger partial charge in [0.05, 0.1) is 10.9 Å². The number of rotatable bonds is 5. The van der Waals surface area contributed by atoms with Crippen molar-refractivity contribution in [1.82, 2.24) is 0 Å². The monoisotopic (exact) mass is 420 g/mol. The number of imide groups is 1. The Bertz CT molecular complexity index is 578. The van der Waals surface area contributed by atoms with Crippen LogP contribution < -0.4 is 10.6 Å². The van der Waals surface area contributed by atoms with Crippen LogP contribution in [0.5, 0.6) is 0 Å². The van der Waals surface area contributed by atoms with Crippen LogP contribution >= 0.6 is 34.4 Å². The molecular weight excluding hydrogens is 407 g/mol. The Labute approximate surface area is 139 Å². The molecule has 0 aliphatic carbocycles.